The molecule has 0 fully saturated rings. The van der Waals surface area contributed by atoms with Crippen molar-refractivity contribution in [3.05, 3.63) is 33.8 Å². The highest BCUT2D eigenvalue weighted by Crippen LogP contribution is 2.19. The van der Waals surface area contributed by atoms with Crippen molar-refractivity contribution in [2.75, 3.05) is 0 Å². The van der Waals surface area contributed by atoms with Gasteiger partial charge in [0.05, 0.1) is 5.56 Å². The van der Waals surface area contributed by atoms with Crippen LogP contribution in [0.1, 0.15) is 24.2 Å². The quantitative estimate of drug-likeness (QED) is 0.828. The van der Waals surface area contributed by atoms with E-state index in [1.54, 1.807) is 13.8 Å². The third-order valence-corrected chi connectivity index (χ3v) is 2.12. The van der Waals surface area contributed by atoms with Crippen LogP contribution < -0.4 is 5.32 Å². The molecule has 2 nitrogen and oxygen atoms in total. The summed E-state index contributed by atoms with van der Waals surface area (Å²) >= 11 is 2.99. The lowest BCUT2D eigenvalue weighted by molar-refractivity contribution is 0.0938. The van der Waals surface area contributed by atoms with E-state index in [2.05, 4.69) is 21.2 Å². The van der Waals surface area contributed by atoms with Crippen molar-refractivity contribution in [2.45, 2.75) is 19.9 Å². The Bertz CT molecular complexity index is 393. The molecule has 0 saturated carbocycles. The standard InChI is InChI=1S/C10H10BrF2NO/c1-5(2)14-10(15)7-3-6(11)4-8(12)9(7)13/h3-5H,1-2H3,(H,14,15). The summed E-state index contributed by atoms with van der Waals surface area (Å²) in [6, 6.07) is 2.09. The van der Waals surface area contributed by atoms with E-state index < -0.39 is 17.5 Å². The SMILES string of the molecule is CC(C)NC(=O)c1cc(Br)cc(F)c1F. The van der Waals surface area contributed by atoms with Gasteiger partial charge in [0, 0.05) is 10.5 Å². The highest BCUT2D eigenvalue weighted by Gasteiger charge is 2.17. The van der Waals surface area contributed by atoms with Crippen molar-refractivity contribution in [2.24, 2.45) is 0 Å². The summed E-state index contributed by atoms with van der Waals surface area (Å²) in [6.45, 7) is 3.48. The first kappa shape index (κ1) is 12.1. The first-order valence-corrected chi connectivity index (χ1v) is 5.16. The smallest absolute Gasteiger partial charge is 0.254 e. The van der Waals surface area contributed by atoms with Gasteiger partial charge in [0.25, 0.3) is 5.91 Å². The van der Waals surface area contributed by atoms with Crippen LogP contribution in [0.25, 0.3) is 0 Å². The van der Waals surface area contributed by atoms with Gasteiger partial charge in [-0.2, -0.15) is 0 Å². The minimum Gasteiger partial charge on any atom is -0.350 e. The molecule has 0 aromatic heterocycles. The summed E-state index contributed by atoms with van der Waals surface area (Å²) in [4.78, 5) is 11.4. The molecule has 0 aliphatic rings. The Labute approximate surface area is 94.8 Å². The number of rotatable bonds is 2. The zero-order valence-electron chi connectivity index (χ0n) is 8.27. The number of halogens is 3. The molecule has 1 amide bonds. The molecule has 1 N–H and O–H groups in total. The molecule has 82 valence electrons. The minimum absolute atomic E-state index is 0.126. The Morgan fingerprint density at radius 3 is 2.53 bits per heavy atom. The van der Waals surface area contributed by atoms with Crippen molar-refractivity contribution >= 4 is 21.8 Å². The molecule has 0 aliphatic carbocycles. The molecule has 0 heterocycles. The summed E-state index contributed by atoms with van der Waals surface area (Å²) in [5, 5.41) is 2.49. The Morgan fingerprint density at radius 2 is 2.00 bits per heavy atom. The van der Waals surface area contributed by atoms with Gasteiger partial charge in [-0.25, -0.2) is 8.78 Å². The average molecular weight is 278 g/mol. The van der Waals surface area contributed by atoms with Gasteiger partial charge in [-0.1, -0.05) is 15.9 Å². The third kappa shape index (κ3) is 2.99. The second-order valence-electron chi connectivity index (χ2n) is 3.38. The van der Waals surface area contributed by atoms with E-state index in [1.165, 1.54) is 6.07 Å². The number of hydrogen-bond acceptors (Lipinski definition) is 1. The Morgan fingerprint density at radius 1 is 1.40 bits per heavy atom. The van der Waals surface area contributed by atoms with E-state index in [0.29, 0.717) is 4.47 Å². The Kier molecular flexibility index (Phi) is 3.79. The van der Waals surface area contributed by atoms with E-state index in [9.17, 15) is 13.6 Å². The second kappa shape index (κ2) is 4.70. The van der Waals surface area contributed by atoms with Gasteiger partial charge in [0.15, 0.2) is 11.6 Å². The lowest BCUT2D eigenvalue weighted by Gasteiger charge is -2.09. The molecule has 0 aliphatic heterocycles. The first-order chi connectivity index (χ1) is 6.91. The summed E-state index contributed by atoms with van der Waals surface area (Å²) in [6.07, 6.45) is 0. The fourth-order valence-electron chi connectivity index (χ4n) is 1.06. The highest BCUT2D eigenvalue weighted by atomic mass is 79.9. The molecule has 0 radical (unpaired) electrons. The van der Waals surface area contributed by atoms with Crippen LogP contribution in [0, 0.1) is 11.6 Å². The molecule has 5 heteroatoms. The molecular formula is C10H10BrF2NO. The molecule has 1 rings (SSSR count). The molecule has 1 aromatic carbocycles. The number of carbonyl (C=O) groups is 1. The van der Waals surface area contributed by atoms with E-state index in [0.717, 1.165) is 6.07 Å². The van der Waals surface area contributed by atoms with Crippen LogP contribution >= 0.6 is 15.9 Å². The van der Waals surface area contributed by atoms with Crippen LogP contribution in [0.3, 0.4) is 0 Å². The maximum absolute atomic E-state index is 13.2. The van der Waals surface area contributed by atoms with Gasteiger partial charge in [0.2, 0.25) is 0 Å². The lowest BCUT2D eigenvalue weighted by Crippen LogP contribution is -2.31. The molecule has 0 unspecified atom stereocenters. The predicted molar refractivity (Wildman–Crippen MR) is 56.7 cm³/mol. The largest absolute Gasteiger partial charge is 0.350 e. The fourth-order valence-corrected chi connectivity index (χ4v) is 1.49. The number of hydrogen-bond donors (Lipinski definition) is 1. The van der Waals surface area contributed by atoms with Gasteiger partial charge in [-0.05, 0) is 26.0 Å². The maximum Gasteiger partial charge on any atom is 0.254 e. The van der Waals surface area contributed by atoms with Crippen molar-refractivity contribution in [1.29, 1.82) is 0 Å². The Hall–Kier alpha value is -0.970. The molecule has 0 bridgehead atoms. The molecule has 0 saturated heterocycles. The van der Waals surface area contributed by atoms with E-state index >= 15 is 0 Å². The minimum atomic E-state index is -1.13. The summed E-state index contributed by atoms with van der Waals surface area (Å²) in [7, 11) is 0. The van der Waals surface area contributed by atoms with Crippen molar-refractivity contribution in [1.82, 2.24) is 5.32 Å². The summed E-state index contributed by atoms with van der Waals surface area (Å²) in [5.41, 5.74) is -0.296. The average Bonchev–Trinajstić information content (AvgIpc) is 2.09. The van der Waals surface area contributed by atoms with Gasteiger partial charge in [0.1, 0.15) is 0 Å². The zero-order chi connectivity index (χ0) is 11.6. The lowest BCUT2D eigenvalue weighted by atomic mass is 10.2. The van der Waals surface area contributed by atoms with E-state index in [4.69, 9.17) is 0 Å². The third-order valence-electron chi connectivity index (χ3n) is 1.66. The summed E-state index contributed by atoms with van der Waals surface area (Å²) < 4.78 is 26.5. The predicted octanol–water partition coefficient (Wildman–Crippen LogP) is 2.87. The number of amides is 1. The van der Waals surface area contributed by atoms with Crippen molar-refractivity contribution in [3.63, 3.8) is 0 Å². The van der Waals surface area contributed by atoms with Gasteiger partial charge in [-0.3, -0.25) is 4.79 Å². The van der Waals surface area contributed by atoms with Crippen LogP contribution in [0.15, 0.2) is 16.6 Å². The molecule has 1 aromatic rings. The Balaban J connectivity index is 3.08. The second-order valence-corrected chi connectivity index (χ2v) is 4.29. The van der Waals surface area contributed by atoms with Gasteiger partial charge >= 0.3 is 0 Å². The monoisotopic (exact) mass is 277 g/mol. The van der Waals surface area contributed by atoms with Crippen LogP contribution in [-0.4, -0.2) is 11.9 Å². The van der Waals surface area contributed by atoms with E-state index in [1.807, 2.05) is 0 Å². The number of carbonyl (C=O) groups excluding carboxylic acids is 1. The molecule has 0 atom stereocenters. The van der Waals surface area contributed by atoms with Crippen molar-refractivity contribution < 1.29 is 13.6 Å². The fraction of sp³-hybridized carbons (Fsp3) is 0.300. The molecular weight excluding hydrogens is 268 g/mol. The van der Waals surface area contributed by atoms with Crippen LogP contribution in [0.4, 0.5) is 8.78 Å². The van der Waals surface area contributed by atoms with Crippen LogP contribution in [0.2, 0.25) is 0 Å². The normalized spacial score (nSPS) is 10.5. The van der Waals surface area contributed by atoms with Gasteiger partial charge in [-0.15, -0.1) is 0 Å². The zero-order valence-corrected chi connectivity index (χ0v) is 9.86. The maximum atomic E-state index is 13.2. The van der Waals surface area contributed by atoms with E-state index in [-0.39, 0.29) is 11.6 Å². The first-order valence-electron chi connectivity index (χ1n) is 4.37. The summed E-state index contributed by atoms with van der Waals surface area (Å²) in [5.74, 6) is -2.79. The number of benzene rings is 1. The van der Waals surface area contributed by atoms with Crippen LogP contribution in [-0.2, 0) is 0 Å². The molecule has 15 heavy (non-hydrogen) atoms. The van der Waals surface area contributed by atoms with Crippen LogP contribution in [0.5, 0.6) is 0 Å². The van der Waals surface area contributed by atoms with Gasteiger partial charge < -0.3 is 5.32 Å². The topological polar surface area (TPSA) is 29.1 Å². The highest BCUT2D eigenvalue weighted by molar-refractivity contribution is 9.10. The van der Waals surface area contributed by atoms with Crippen molar-refractivity contribution in [3.8, 4) is 0 Å². The number of nitrogens with one attached hydrogen (secondary N) is 1. The molecule has 0 spiro atoms.